The summed E-state index contributed by atoms with van der Waals surface area (Å²) in [5.41, 5.74) is 8.74. The number of carbonyl (C=O) groups excluding carboxylic acids is 1. The molecular formula is C18H20N2O. The fourth-order valence-electron chi connectivity index (χ4n) is 2.55. The van der Waals surface area contributed by atoms with Crippen molar-refractivity contribution >= 4 is 11.6 Å². The number of nitrogens with two attached hydrogens (primary N) is 1. The summed E-state index contributed by atoms with van der Waals surface area (Å²) < 4.78 is 0. The molecule has 3 heteroatoms. The first-order chi connectivity index (χ1) is 10.2. The van der Waals surface area contributed by atoms with E-state index in [0.29, 0.717) is 24.7 Å². The van der Waals surface area contributed by atoms with Crippen molar-refractivity contribution < 1.29 is 4.79 Å². The molecule has 2 aromatic carbocycles. The molecule has 1 aliphatic rings. The molecule has 21 heavy (non-hydrogen) atoms. The Kier molecular flexibility index (Phi) is 3.91. The number of rotatable bonds is 5. The van der Waals surface area contributed by atoms with E-state index in [1.54, 1.807) is 0 Å². The van der Waals surface area contributed by atoms with Gasteiger partial charge in [0.05, 0.1) is 6.42 Å². The molecule has 0 spiro atoms. The average Bonchev–Trinajstić information content (AvgIpc) is 3.33. The van der Waals surface area contributed by atoms with Crippen molar-refractivity contribution in [2.75, 3.05) is 5.73 Å². The van der Waals surface area contributed by atoms with Crippen LogP contribution in [0.1, 0.15) is 24.0 Å². The highest BCUT2D eigenvalue weighted by Gasteiger charge is 2.32. The SMILES string of the molecule is Nc1ccccc1CC(=O)N(Cc1ccccc1)C1CC1. The Balaban J connectivity index is 1.72. The van der Waals surface area contributed by atoms with Gasteiger partial charge in [-0.05, 0) is 30.0 Å². The molecule has 0 atom stereocenters. The van der Waals surface area contributed by atoms with E-state index in [9.17, 15) is 4.79 Å². The van der Waals surface area contributed by atoms with E-state index in [1.165, 1.54) is 5.56 Å². The highest BCUT2D eigenvalue weighted by Crippen LogP contribution is 2.29. The molecule has 0 saturated heterocycles. The Morgan fingerprint density at radius 3 is 2.38 bits per heavy atom. The molecule has 0 unspecified atom stereocenters. The Hall–Kier alpha value is -2.29. The Bertz CT molecular complexity index is 620. The van der Waals surface area contributed by atoms with E-state index >= 15 is 0 Å². The Morgan fingerprint density at radius 1 is 1.05 bits per heavy atom. The lowest BCUT2D eigenvalue weighted by atomic mass is 10.1. The largest absolute Gasteiger partial charge is 0.398 e. The summed E-state index contributed by atoms with van der Waals surface area (Å²) in [6.07, 6.45) is 2.61. The van der Waals surface area contributed by atoms with Crippen LogP contribution in [-0.2, 0) is 17.8 Å². The number of nitrogens with zero attached hydrogens (tertiary/aromatic N) is 1. The van der Waals surface area contributed by atoms with Gasteiger partial charge < -0.3 is 10.6 Å². The van der Waals surface area contributed by atoms with E-state index in [0.717, 1.165) is 18.4 Å². The minimum Gasteiger partial charge on any atom is -0.398 e. The van der Waals surface area contributed by atoms with Crippen molar-refractivity contribution in [1.82, 2.24) is 4.90 Å². The van der Waals surface area contributed by atoms with Crippen LogP contribution in [0.3, 0.4) is 0 Å². The highest BCUT2D eigenvalue weighted by atomic mass is 16.2. The topological polar surface area (TPSA) is 46.3 Å². The van der Waals surface area contributed by atoms with Gasteiger partial charge in [0.15, 0.2) is 0 Å². The molecule has 0 aromatic heterocycles. The number of anilines is 1. The molecule has 2 N–H and O–H groups in total. The second kappa shape index (κ2) is 6.00. The first kappa shape index (κ1) is 13.7. The van der Waals surface area contributed by atoms with Gasteiger partial charge in [0.2, 0.25) is 5.91 Å². The van der Waals surface area contributed by atoms with Crippen LogP contribution in [0, 0.1) is 0 Å². The van der Waals surface area contributed by atoms with E-state index in [1.807, 2.05) is 47.4 Å². The van der Waals surface area contributed by atoms with Gasteiger partial charge in [0, 0.05) is 18.3 Å². The summed E-state index contributed by atoms with van der Waals surface area (Å²) >= 11 is 0. The summed E-state index contributed by atoms with van der Waals surface area (Å²) in [6.45, 7) is 0.692. The van der Waals surface area contributed by atoms with Crippen molar-refractivity contribution in [3.8, 4) is 0 Å². The van der Waals surface area contributed by atoms with E-state index in [2.05, 4.69) is 12.1 Å². The van der Waals surface area contributed by atoms with Gasteiger partial charge in [-0.3, -0.25) is 4.79 Å². The van der Waals surface area contributed by atoms with Gasteiger partial charge >= 0.3 is 0 Å². The number of hydrogen-bond acceptors (Lipinski definition) is 2. The maximum atomic E-state index is 12.6. The molecule has 0 bridgehead atoms. The average molecular weight is 280 g/mol. The lowest BCUT2D eigenvalue weighted by Gasteiger charge is -2.23. The van der Waals surface area contributed by atoms with Crippen LogP contribution >= 0.6 is 0 Å². The quantitative estimate of drug-likeness (QED) is 0.856. The standard InChI is InChI=1S/C18H20N2O/c19-17-9-5-4-8-15(17)12-18(21)20(16-10-11-16)13-14-6-2-1-3-7-14/h1-9,16H,10-13,19H2. The second-order valence-corrected chi connectivity index (χ2v) is 5.61. The predicted molar refractivity (Wildman–Crippen MR) is 84.6 cm³/mol. The van der Waals surface area contributed by atoms with Crippen LogP contribution in [0.4, 0.5) is 5.69 Å². The fourth-order valence-corrected chi connectivity index (χ4v) is 2.55. The maximum absolute atomic E-state index is 12.6. The summed E-state index contributed by atoms with van der Waals surface area (Å²) in [5.74, 6) is 0.166. The zero-order valence-electron chi connectivity index (χ0n) is 12.0. The molecule has 108 valence electrons. The van der Waals surface area contributed by atoms with Crippen molar-refractivity contribution in [3.05, 3.63) is 65.7 Å². The van der Waals surface area contributed by atoms with Crippen LogP contribution < -0.4 is 5.73 Å². The summed E-state index contributed by atoms with van der Waals surface area (Å²) in [5, 5.41) is 0. The number of amides is 1. The van der Waals surface area contributed by atoms with Crippen LogP contribution in [0.2, 0.25) is 0 Å². The third-order valence-corrected chi connectivity index (χ3v) is 3.90. The van der Waals surface area contributed by atoms with Crippen LogP contribution in [0.25, 0.3) is 0 Å². The van der Waals surface area contributed by atoms with Gasteiger partial charge in [0.1, 0.15) is 0 Å². The molecule has 2 aromatic rings. The Morgan fingerprint density at radius 2 is 1.71 bits per heavy atom. The van der Waals surface area contributed by atoms with E-state index < -0.39 is 0 Å². The number of benzene rings is 2. The molecule has 0 aliphatic heterocycles. The molecule has 1 amide bonds. The molecular weight excluding hydrogens is 260 g/mol. The summed E-state index contributed by atoms with van der Waals surface area (Å²) in [4.78, 5) is 14.6. The second-order valence-electron chi connectivity index (χ2n) is 5.61. The van der Waals surface area contributed by atoms with Crippen molar-refractivity contribution in [1.29, 1.82) is 0 Å². The first-order valence-corrected chi connectivity index (χ1v) is 7.41. The Labute approximate surface area is 125 Å². The molecule has 1 saturated carbocycles. The van der Waals surface area contributed by atoms with Crippen LogP contribution in [0.15, 0.2) is 54.6 Å². The van der Waals surface area contributed by atoms with Gasteiger partial charge in [-0.25, -0.2) is 0 Å². The lowest BCUT2D eigenvalue weighted by molar-refractivity contribution is -0.131. The van der Waals surface area contributed by atoms with Crippen molar-refractivity contribution in [2.24, 2.45) is 0 Å². The third-order valence-electron chi connectivity index (χ3n) is 3.90. The molecule has 0 heterocycles. The molecule has 3 nitrogen and oxygen atoms in total. The predicted octanol–water partition coefficient (Wildman–Crippen LogP) is 3.00. The number of para-hydroxylation sites is 1. The van der Waals surface area contributed by atoms with Gasteiger partial charge in [-0.15, -0.1) is 0 Å². The zero-order valence-corrected chi connectivity index (χ0v) is 12.0. The summed E-state index contributed by atoms with van der Waals surface area (Å²) in [7, 11) is 0. The molecule has 3 rings (SSSR count). The smallest absolute Gasteiger partial charge is 0.227 e. The number of hydrogen-bond donors (Lipinski definition) is 1. The first-order valence-electron chi connectivity index (χ1n) is 7.41. The minimum absolute atomic E-state index is 0.166. The molecule has 0 radical (unpaired) electrons. The molecule has 1 fully saturated rings. The lowest BCUT2D eigenvalue weighted by Crippen LogP contribution is -2.33. The fraction of sp³-hybridized carbons (Fsp3) is 0.278. The van der Waals surface area contributed by atoms with Crippen molar-refractivity contribution in [3.63, 3.8) is 0 Å². The third kappa shape index (κ3) is 3.43. The molecule has 1 aliphatic carbocycles. The normalized spacial score (nSPS) is 13.9. The van der Waals surface area contributed by atoms with Gasteiger partial charge in [-0.1, -0.05) is 48.5 Å². The van der Waals surface area contributed by atoms with E-state index in [4.69, 9.17) is 5.73 Å². The highest BCUT2D eigenvalue weighted by molar-refractivity contribution is 5.81. The number of nitrogen functional groups attached to an aromatic ring is 1. The van der Waals surface area contributed by atoms with Gasteiger partial charge in [0.25, 0.3) is 0 Å². The minimum atomic E-state index is 0.166. The monoisotopic (exact) mass is 280 g/mol. The van der Waals surface area contributed by atoms with E-state index in [-0.39, 0.29) is 5.91 Å². The number of carbonyl (C=O) groups is 1. The maximum Gasteiger partial charge on any atom is 0.227 e. The van der Waals surface area contributed by atoms with Crippen molar-refractivity contribution in [2.45, 2.75) is 31.8 Å². The van der Waals surface area contributed by atoms with Crippen LogP contribution in [0.5, 0.6) is 0 Å². The summed E-state index contributed by atoms with van der Waals surface area (Å²) in [6, 6.07) is 18.2. The van der Waals surface area contributed by atoms with Gasteiger partial charge in [-0.2, -0.15) is 0 Å². The van der Waals surface area contributed by atoms with Crippen LogP contribution in [-0.4, -0.2) is 16.8 Å². The zero-order chi connectivity index (χ0) is 14.7.